The molecule has 1 saturated heterocycles. The third-order valence-electron chi connectivity index (χ3n) is 5.26. The lowest BCUT2D eigenvalue weighted by Crippen LogP contribution is -2.47. The number of carbonyl (C=O) groups is 1. The Morgan fingerprint density at radius 1 is 1.20 bits per heavy atom. The summed E-state index contributed by atoms with van der Waals surface area (Å²) in [6, 6.07) is 7.89. The smallest absolute Gasteiger partial charge is 0.226 e. The maximum absolute atomic E-state index is 11.8. The van der Waals surface area contributed by atoms with Crippen molar-refractivity contribution < 1.29 is 9.53 Å². The fraction of sp³-hybridized carbons (Fsp3) is 0.652. The van der Waals surface area contributed by atoms with Crippen LogP contribution in [0.3, 0.4) is 0 Å². The maximum atomic E-state index is 11.8. The number of guanidine groups is 1. The Morgan fingerprint density at radius 2 is 1.87 bits per heavy atom. The number of halogens is 1. The van der Waals surface area contributed by atoms with Crippen LogP contribution in [0.25, 0.3) is 0 Å². The Labute approximate surface area is 199 Å². The molecular weight excluding hydrogens is 491 g/mol. The second-order valence-electron chi connectivity index (χ2n) is 9.21. The molecule has 0 aromatic heterocycles. The molecule has 30 heavy (non-hydrogen) atoms. The third-order valence-corrected chi connectivity index (χ3v) is 5.26. The second-order valence-corrected chi connectivity index (χ2v) is 9.21. The van der Waals surface area contributed by atoms with Crippen LogP contribution >= 0.6 is 24.0 Å². The Morgan fingerprint density at radius 3 is 2.43 bits per heavy atom. The minimum atomic E-state index is -0.0295. The zero-order valence-electron chi connectivity index (χ0n) is 19.2. The molecule has 1 aromatic carbocycles. The van der Waals surface area contributed by atoms with Gasteiger partial charge >= 0.3 is 0 Å². The number of nitrogens with zero attached hydrogens (tertiary/aromatic N) is 1. The number of amides is 1. The van der Waals surface area contributed by atoms with Crippen molar-refractivity contribution in [2.45, 2.75) is 60.1 Å². The molecule has 0 saturated carbocycles. The van der Waals surface area contributed by atoms with Crippen molar-refractivity contribution in [2.24, 2.45) is 22.2 Å². The Kier molecular flexibility index (Phi) is 11.1. The van der Waals surface area contributed by atoms with Gasteiger partial charge in [0.15, 0.2) is 5.96 Å². The van der Waals surface area contributed by atoms with Gasteiger partial charge in [-0.2, -0.15) is 0 Å². The van der Waals surface area contributed by atoms with Crippen LogP contribution in [0.5, 0.6) is 0 Å². The van der Waals surface area contributed by atoms with E-state index in [-0.39, 0.29) is 47.3 Å². The van der Waals surface area contributed by atoms with Gasteiger partial charge in [0.2, 0.25) is 5.91 Å². The molecule has 2 atom stereocenters. The molecule has 6 nitrogen and oxygen atoms in total. The zero-order chi connectivity index (χ0) is 21.4. The summed E-state index contributed by atoms with van der Waals surface area (Å²) in [5.41, 5.74) is 2.08. The van der Waals surface area contributed by atoms with E-state index in [4.69, 9.17) is 4.74 Å². The number of hydrogen-bond donors (Lipinski definition) is 3. The fourth-order valence-corrected chi connectivity index (χ4v) is 3.64. The first-order valence-corrected chi connectivity index (χ1v) is 10.7. The van der Waals surface area contributed by atoms with E-state index in [1.807, 2.05) is 38.1 Å². The van der Waals surface area contributed by atoms with Crippen LogP contribution in [0.2, 0.25) is 0 Å². The van der Waals surface area contributed by atoms with Crippen molar-refractivity contribution >= 4 is 41.5 Å². The number of nitrogens with one attached hydrogen (secondary N) is 3. The molecule has 1 aliphatic heterocycles. The minimum absolute atomic E-state index is 0. The predicted octanol–water partition coefficient (Wildman–Crippen LogP) is 4.41. The van der Waals surface area contributed by atoms with E-state index in [0.29, 0.717) is 12.5 Å². The maximum Gasteiger partial charge on any atom is 0.226 e. The van der Waals surface area contributed by atoms with Gasteiger partial charge in [0, 0.05) is 44.3 Å². The summed E-state index contributed by atoms with van der Waals surface area (Å²) in [6.45, 7) is 12.9. The van der Waals surface area contributed by atoms with Gasteiger partial charge in [-0.25, -0.2) is 0 Å². The molecule has 1 fully saturated rings. The SMILES string of the molecule is CN=C(NCc1ccc(NC(=O)C(C)C)cc1)NCC1CCCOC1C(C)(C)C.I. The van der Waals surface area contributed by atoms with Crippen LogP contribution in [-0.2, 0) is 16.1 Å². The van der Waals surface area contributed by atoms with Crippen LogP contribution < -0.4 is 16.0 Å². The number of ether oxygens (including phenoxy) is 1. The summed E-state index contributed by atoms with van der Waals surface area (Å²) < 4.78 is 6.07. The van der Waals surface area contributed by atoms with Crippen molar-refractivity contribution in [2.75, 3.05) is 25.5 Å². The molecule has 2 rings (SSSR count). The van der Waals surface area contributed by atoms with Gasteiger partial charge < -0.3 is 20.7 Å². The lowest BCUT2D eigenvalue weighted by atomic mass is 9.78. The average molecular weight is 530 g/mol. The van der Waals surface area contributed by atoms with E-state index in [2.05, 4.69) is 41.7 Å². The lowest BCUT2D eigenvalue weighted by Gasteiger charge is -2.40. The third kappa shape index (κ3) is 8.41. The van der Waals surface area contributed by atoms with Gasteiger partial charge in [-0.3, -0.25) is 9.79 Å². The molecule has 1 heterocycles. The number of hydrogen-bond acceptors (Lipinski definition) is 3. The normalized spacial score (nSPS) is 19.8. The Bertz CT molecular complexity index is 683. The van der Waals surface area contributed by atoms with Gasteiger partial charge in [-0.1, -0.05) is 46.8 Å². The standard InChI is InChI=1S/C23H38N4O2.HI/c1-16(2)21(28)27-19-11-9-17(10-12-19)14-25-22(24-6)26-15-18-8-7-13-29-20(18)23(3,4)5;/h9-12,16,18,20H,7-8,13-15H2,1-6H3,(H,27,28)(H2,24,25,26);1H. The number of anilines is 1. The minimum Gasteiger partial charge on any atom is -0.377 e. The zero-order valence-corrected chi connectivity index (χ0v) is 21.6. The van der Waals surface area contributed by atoms with Crippen LogP contribution in [0.15, 0.2) is 29.3 Å². The molecule has 0 bridgehead atoms. The first-order chi connectivity index (χ1) is 13.7. The van der Waals surface area contributed by atoms with Crippen molar-refractivity contribution in [3.05, 3.63) is 29.8 Å². The van der Waals surface area contributed by atoms with Crippen molar-refractivity contribution in [3.63, 3.8) is 0 Å². The van der Waals surface area contributed by atoms with Crippen LogP contribution in [0.4, 0.5) is 5.69 Å². The summed E-state index contributed by atoms with van der Waals surface area (Å²) in [7, 11) is 1.79. The van der Waals surface area contributed by atoms with Gasteiger partial charge in [0.25, 0.3) is 0 Å². The highest BCUT2D eigenvalue weighted by Gasteiger charge is 2.35. The van der Waals surface area contributed by atoms with Crippen molar-refractivity contribution in [3.8, 4) is 0 Å². The van der Waals surface area contributed by atoms with Crippen molar-refractivity contribution in [1.29, 1.82) is 0 Å². The largest absolute Gasteiger partial charge is 0.377 e. The van der Waals surface area contributed by atoms with Crippen LogP contribution in [-0.4, -0.2) is 38.2 Å². The predicted molar refractivity (Wildman–Crippen MR) is 135 cm³/mol. The van der Waals surface area contributed by atoms with Crippen LogP contribution in [0, 0.1) is 17.3 Å². The van der Waals surface area contributed by atoms with Gasteiger partial charge in [0.05, 0.1) is 6.10 Å². The molecule has 1 aliphatic rings. The van der Waals surface area contributed by atoms with Crippen molar-refractivity contribution in [1.82, 2.24) is 10.6 Å². The lowest BCUT2D eigenvalue weighted by molar-refractivity contribution is -0.118. The first kappa shape index (κ1) is 26.7. The molecular formula is C23H39IN4O2. The average Bonchev–Trinajstić information content (AvgIpc) is 2.68. The van der Waals surface area contributed by atoms with E-state index in [0.717, 1.165) is 36.8 Å². The fourth-order valence-electron chi connectivity index (χ4n) is 3.64. The summed E-state index contributed by atoms with van der Waals surface area (Å²) >= 11 is 0. The number of carbonyl (C=O) groups excluding carboxylic acids is 1. The molecule has 1 aromatic rings. The molecule has 170 valence electrons. The highest BCUT2D eigenvalue weighted by atomic mass is 127. The highest BCUT2D eigenvalue weighted by molar-refractivity contribution is 14.0. The summed E-state index contributed by atoms with van der Waals surface area (Å²) in [6.07, 6.45) is 2.55. The monoisotopic (exact) mass is 530 g/mol. The second kappa shape index (κ2) is 12.5. The molecule has 7 heteroatoms. The Balaban J connectivity index is 0.00000450. The molecule has 3 N–H and O–H groups in total. The van der Waals surface area contributed by atoms with E-state index < -0.39 is 0 Å². The van der Waals surface area contributed by atoms with E-state index >= 15 is 0 Å². The molecule has 2 unspecified atom stereocenters. The highest BCUT2D eigenvalue weighted by Crippen LogP contribution is 2.33. The quantitative estimate of drug-likeness (QED) is 0.290. The summed E-state index contributed by atoms with van der Waals surface area (Å²) in [4.78, 5) is 16.1. The number of aliphatic imine (C=N–C) groups is 1. The van der Waals surface area contributed by atoms with Gasteiger partial charge in [0.1, 0.15) is 0 Å². The first-order valence-electron chi connectivity index (χ1n) is 10.7. The van der Waals surface area contributed by atoms with E-state index in [1.165, 1.54) is 6.42 Å². The molecule has 0 radical (unpaired) electrons. The topological polar surface area (TPSA) is 74.8 Å². The summed E-state index contributed by atoms with van der Waals surface area (Å²) in [5.74, 6) is 1.27. The van der Waals surface area contributed by atoms with E-state index in [1.54, 1.807) is 7.05 Å². The molecule has 0 spiro atoms. The number of benzene rings is 1. The number of rotatable bonds is 6. The molecule has 0 aliphatic carbocycles. The molecule has 1 amide bonds. The van der Waals surface area contributed by atoms with Crippen LogP contribution in [0.1, 0.15) is 53.0 Å². The summed E-state index contributed by atoms with van der Waals surface area (Å²) in [5, 5.41) is 9.74. The Hall–Kier alpha value is -1.35. The van der Waals surface area contributed by atoms with Gasteiger partial charge in [-0.05, 0) is 36.0 Å². The van der Waals surface area contributed by atoms with E-state index in [9.17, 15) is 4.79 Å². The van der Waals surface area contributed by atoms with Gasteiger partial charge in [-0.15, -0.1) is 24.0 Å².